The summed E-state index contributed by atoms with van der Waals surface area (Å²) in [6, 6.07) is 4.72. The van der Waals surface area contributed by atoms with Crippen LogP contribution in [0.4, 0.5) is 14.9 Å². The Morgan fingerprint density at radius 3 is 2.63 bits per heavy atom. The molecule has 1 aromatic rings. The number of amides is 1. The number of benzene rings is 1. The van der Waals surface area contributed by atoms with Crippen molar-refractivity contribution in [1.82, 2.24) is 0 Å². The standard InChI is InChI=1S/C14H18FNO3/c1-14(2,3)11-5-4-9(6-12(11)15)16-7-10(8-17)19-13(16)18/h4-6,10,17H,7-8H2,1-3H3. The van der Waals surface area contributed by atoms with Crippen LogP contribution < -0.4 is 4.90 Å². The molecule has 0 bridgehead atoms. The zero-order chi connectivity index (χ0) is 14.2. The lowest BCUT2D eigenvalue weighted by molar-refractivity contribution is 0.0963. The molecule has 2 rings (SSSR count). The van der Waals surface area contributed by atoms with Gasteiger partial charge in [0.05, 0.1) is 18.8 Å². The predicted octanol–water partition coefficient (Wildman–Crippen LogP) is 2.44. The molecule has 4 nitrogen and oxygen atoms in total. The van der Waals surface area contributed by atoms with Crippen molar-refractivity contribution >= 4 is 11.8 Å². The summed E-state index contributed by atoms with van der Waals surface area (Å²) in [6.45, 7) is 5.79. The predicted molar refractivity (Wildman–Crippen MR) is 69.8 cm³/mol. The number of carbonyl (C=O) groups is 1. The summed E-state index contributed by atoms with van der Waals surface area (Å²) >= 11 is 0. The van der Waals surface area contributed by atoms with E-state index in [1.54, 1.807) is 12.1 Å². The Hall–Kier alpha value is -1.62. The van der Waals surface area contributed by atoms with E-state index in [0.717, 1.165) is 0 Å². The van der Waals surface area contributed by atoms with Gasteiger partial charge in [-0.2, -0.15) is 0 Å². The lowest BCUT2D eigenvalue weighted by Crippen LogP contribution is -2.26. The van der Waals surface area contributed by atoms with Crippen molar-refractivity contribution in [3.63, 3.8) is 0 Å². The van der Waals surface area contributed by atoms with Crippen LogP contribution in [-0.4, -0.2) is 30.5 Å². The van der Waals surface area contributed by atoms with Crippen LogP contribution in [0.15, 0.2) is 18.2 Å². The Morgan fingerprint density at radius 2 is 2.16 bits per heavy atom. The molecule has 0 aliphatic carbocycles. The van der Waals surface area contributed by atoms with E-state index in [4.69, 9.17) is 9.84 Å². The summed E-state index contributed by atoms with van der Waals surface area (Å²) in [7, 11) is 0. The van der Waals surface area contributed by atoms with Gasteiger partial charge in [-0.15, -0.1) is 0 Å². The zero-order valence-electron chi connectivity index (χ0n) is 11.3. The number of aliphatic hydroxyl groups is 1. The molecule has 1 fully saturated rings. The van der Waals surface area contributed by atoms with Crippen molar-refractivity contribution < 1.29 is 19.0 Å². The minimum atomic E-state index is -0.554. The molecule has 1 amide bonds. The summed E-state index contributed by atoms with van der Waals surface area (Å²) in [4.78, 5) is 12.9. The fraction of sp³-hybridized carbons (Fsp3) is 0.500. The summed E-state index contributed by atoms with van der Waals surface area (Å²) in [5.74, 6) is -0.342. The number of rotatable bonds is 2. The monoisotopic (exact) mass is 267 g/mol. The van der Waals surface area contributed by atoms with Crippen LogP contribution in [0, 0.1) is 5.82 Å². The van der Waals surface area contributed by atoms with Crippen LogP contribution in [-0.2, 0) is 10.2 Å². The molecule has 0 saturated carbocycles. The van der Waals surface area contributed by atoms with Crippen molar-refractivity contribution in [2.45, 2.75) is 32.3 Å². The van der Waals surface area contributed by atoms with Crippen LogP contribution in [0.1, 0.15) is 26.3 Å². The van der Waals surface area contributed by atoms with Crippen molar-refractivity contribution in [3.8, 4) is 0 Å². The highest BCUT2D eigenvalue weighted by molar-refractivity contribution is 5.89. The lowest BCUT2D eigenvalue weighted by Gasteiger charge is -2.21. The number of ether oxygens (including phenoxy) is 1. The van der Waals surface area contributed by atoms with E-state index in [0.29, 0.717) is 11.3 Å². The molecule has 1 aromatic carbocycles. The van der Waals surface area contributed by atoms with E-state index < -0.39 is 12.2 Å². The maximum atomic E-state index is 14.1. The number of cyclic esters (lactones) is 1. The fourth-order valence-electron chi connectivity index (χ4n) is 2.11. The third kappa shape index (κ3) is 2.71. The van der Waals surface area contributed by atoms with E-state index in [9.17, 15) is 9.18 Å². The fourth-order valence-corrected chi connectivity index (χ4v) is 2.11. The van der Waals surface area contributed by atoms with Gasteiger partial charge >= 0.3 is 6.09 Å². The number of carbonyl (C=O) groups excluding carboxylic acids is 1. The zero-order valence-corrected chi connectivity index (χ0v) is 11.3. The second-order valence-electron chi connectivity index (χ2n) is 5.71. The summed E-state index contributed by atoms with van der Waals surface area (Å²) < 4.78 is 19.0. The van der Waals surface area contributed by atoms with Crippen LogP contribution in [0.25, 0.3) is 0 Å². The Kier molecular flexibility index (Phi) is 3.49. The van der Waals surface area contributed by atoms with Crippen molar-refractivity contribution in [2.75, 3.05) is 18.1 Å². The second-order valence-corrected chi connectivity index (χ2v) is 5.71. The quantitative estimate of drug-likeness (QED) is 0.895. The van der Waals surface area contributed by atoms with Crippen LogP contribution in [0.3, 0.4) is 0 Å². The van der Waals surface area contributed by atoms with Crippen molar-refractivity contribution in [2.24, 2.45) is 0 Å². The number of anilines is 1. The number of nitrogens with zero attached hydrogens (tertiary/aromatic N) is 1. The van der Waals surface area contributed by atoms with Gasteiger partial charge in [-0.25, -0.2) is 9.18 Å². The molecule has 1 N–H and O–H groups in total. The molecule has 1 heterocycles. The molecule has 1 aliphatic heterocycles. The van der Waals surface area contributed by atoms with Gasteiger partial charge in [-0.1, -0.05) is 26.8 Å². The average Bonchev–Trinajstić information content (AvgIpc) is 2.68. The molecule has 5 heteroatoms. The van der Waals surface area contributed by atoms with Crippen LogP contribution in [0.2, 0.25) is 0 Å². The van der Waals surface area contributed by atoms with Gasteiger partial charge in [0.15, 0.2) is 0 Å². The number of halogens is 1. The van der Waals surface area contributed by atoms with Crippen LogP contribution >= 0.6 is 0 Å². The maximum absolute atomic E-state index is 14.1. The lowest BCUT2D eigenvalue weighted by atomic mass is 9.86. The van der Waals surface area contributed by atoms with Gasteiger partial charge in [-0.05, 0) is 23.1 Å². The van der Waals surface area contributed by atoms with Crippen molar-refractivity contribution in [3.05, 3.63) is 29.6 Å². The Labute approximate surface area is 111 Å². The van der Waals surface area contributed by atoms with Gasteiger partial charge in [-0.3, -0.25) is 4.90 Å². The first-order chi connectivity index (χ1) is 8.82. The van der Waals surface area contributed by atoms with E-state index in [1.165, 1.54) is 11.0 Å². The molecule has 1 unspecified atom stereocenters. The highest BCUT2D eigenvalue weighted by atomic mass is 19.1. The minimum Gasteiger partial charge on any atom is -0.441 e. The highest BCUT2D eigenvalue weighted by Crippen LogP contribution is 2.29. The molecular formula is C14H18FNO3. The van der Waals surface area contributed by atoms with Gasteiger partial charge in [0.25, 0.3) is 0 Å². The summed E-state index contributed by atoms with van der Waals surface area (Å²) in [5.41, 5.74) is 0.760. The third-order valence-electron chi connectivity index (χ3n) is 3.15. The van der Waals surface area contributed by atoms with Gasteiger partial charge < -0.3 is 9.84 Å². The third-order valence-corrected chi connectivity index (χ3v) is 3.15. The molecule has 1 saturated heterocycles. The average molecular weight is 267 g/mol. The first-order valence-electron chi connectivity index (χ1n) is 6.22. The molecule has 1 aliphatic rings. The summed E-state index contributed by atoms with van der Waals surface area (Å²) in [6.07, 6.45) is -1.10. The van der Waals surface area contributed by atoms with E-state index in [-0.39, 0.29) is 24.4 Å². The second kappa shape index (κ2) is 4.81. The largest absolute Gasteiger partial charge is 0.441 e. The Morgan fingerprint density at radius 1 is 1.47 bits per heavy atom. The van der Waals surface area contributed by atoms with Crippen LogP contribution in [0.5, 0.6) is 0 Å². The van der Waals surface area contributed by atoms with E-state index in [1.807, 2.05) is 20.8 Å². The first-order valence-corrected chi connectivity index (χ1v) is 6.22. The van der Waals surface area contributed by atoms with Gasteiger partial charge in [0, 0.05) is 0 Å². The SMILES string of the molecule is CC(C)(C)c1ccc(N2CC(CO)OC2=O)cc1F. The first kappa shape index (κ1) is 13.8. The number of aliphatic hydroxyl groups excluding tert-OH is 1. The van der Waals surface area contributed by atoms with Gasteiger partial charge in [0.2, 0.25) is 0 Å². The summed E-state index contributed by atoms with van der Waals surface area (Å²) in [5, 5.41) is 8.98. The van der Waals surface area contributed by atoms with E-state index >= 15 is 0 Å². The van der Waals surface area contributed by atoms with Crippen molar-refractivity contribution in [1.29, 1.82) is 0 Å². The highest BCUT2D eigenvalue weighted by Gasteiger charge is 2.32. The molecule has 1 atom stereocenters. The molecule has 0 spiro atoms. The molecule has 104 valence electrons. The number of hydrogen-bond acceptors (Lipinski definition) is 3. The Bertz CT molecular complexity index is 496. The maximum Gasteiger partial charge on any atom is 0.414 e. The smallest absolute Gasteiger partial charge is 0.414 e. The molecular weight excluding hydrogens is 249 g/mol. The normalized spacial score (nSPS) is 19.7. The van der Waals surface area contributed by atoms with Gasteiger partial charge in [0.1, 0.15) is 11.9 Å². The Balaban J connectivity index is 2.28. The van der Waals surface area contributed by atoms with E-state index in [2.05, 4.69) is 0 Å². The number of hydrogen-bond donors (Lipinski definition) is 1. The molecule has 19 heavy (non-hydrogen) atoms. The molecule has 0 radical (unpaired) electrons. The topological polar surface area (TPSA) is 49.8 Å². The minimum absolute atomic E-state index is 0.231. The molecule has 0 aromatic heterocycles.